The molecule has 1 saturated heterocycles. The number of aryl methyl sites for hydroxylation is 2. The molecule has 1 aliphatic rings. The van der Waals surface area contributed by atoms with Crippen molar-refractivity contribution in [2.24, 2.45) is 7.05 Å². The van der Waals surface area contributed by atoms with Gasteiger partial charge in [-0.2, -0.15) is 10.1 Å². The number of fused-ring (bicyclic) bond motifs is 1. The number of rotatable bonds is 4. The molecule has 0 aromatic carbocycles. The Kier molecular flexibility index (Phi) is 4.42. The standard InChI is InChI=1S/C18H22N6O2/c1-11-13(4-5-14(22-11)25-3)15-16-17(24(2)23-15)18(21-10-20-16)26-12-6-8-19-9-7-12/h4-5,10,12,19H,6-9H2,1-3H3. The molecule has 3 aromatic heterocycles. The van der Waals surface area contributed by atoms with Gasteiger partial charge in [-0.3, -0.25) is 4.68 Å². The van der Waals surface area contributed by atoms with Gasteiger partial charge in [-0.05, 0) is 38.9 Å². The molecule has 4 rings (SSSR count). The Morgan fingerprint density at radius 1 is 1.19 bits per heavy atom. The lowest BCUT2D eigenvalue weighted by Gasteiger charge is -2.23. The van der Waals surface area contributed by atoms with Gasteiger partial charge in [-0.1, -0.05) is 0 Å². The topological polar surface area (TPSA) is 87.0 Å². The summed E-state index contributed by atoms with van der Waals surface area (Å²) in [4.78, 5) is 13.3. The summed E-state index contributed by atoms with van der Waals surface area (Å²) in [5, 5.41) is 8.01. The highest BCUT2D eigenvalue weighted by Crippen LogP contribution is 2.32. The van der Waals surface area contributed by atoms with Crippen LogP contribution in [0.15, 0.2) is 18.5 Å². The van der Waals surface area contributed by atoms with E-state index < -0.39 is 0 Å². The van der Waals surface area contributed by atoms with Gasteiger partial charge in [0, 0.05) is 18.7 Å². The first-order valence-electron chi connectivity index (χ1n) is 8.74. The zero-order valence-corrected chi connectivity index (χ0v) is 15.2. The van der Waals surface area contributed by atoms with Crippen LogP contribution in [0.1, 0.15) is 18.5 Å². The van der Waals surface area contributed by atoms with Gasteiger partial charge in [-0.25, -0.2) is 9.97 Å². The molecule has 4 heterocycles. The predicted molar refractivity (Wildman–Crippen MR) is 97.3 cm³/mol. The summed E-state index contributed by atoms with van der Waals surface area (Å²) in [5.41, 5.74) is 4.09. The van der Waals surface area contributed by atoms with E-state index in [4.69, 9.17) is 9.47 Å². The quantitative estimate of drug-likeness (QED) is 0.765. The third-order valence-electron chi connectivity index (χ3n) is 4.68. The molecule has 0 atom stereocenters. The van der Waals surface area contributed by atoms with E-state index in [1.165, 1.54) is 6.33 Å². The minimum absolute atomic E-state index is 0.164. The molecule has 0 amide bonds. The van der Waals surface area contributed by atoms with Crippen molar-refractivity contribution < 1.29 is 9.47 Å². The lowest BCUT2D eigenvalue weighted by atomic mass is 10.1. The third-order valence-corrected chi connectivity index (χ3v) is 4.68. The second-order valence-corrected chi connectivity index (χ2v) is 6.40. The minimum atomic E-state index is 0.164. The first-order chi connectivity index (χ1) is 12.7. The van der Waals surface area contributed by atoms with Crippen molar-refractivity contribution >= 4 is 11.0 Å². The highest BCUT2D eigenvalue weighted by Gasteiger charge is 2.22. The van der Waals surface area contributed by atoms with Crippen molar-refractivity contribution in [2.45, 2.75) is 25.9 Å². The van der Waals surface area contributed by atoms with Crippen molar-refractivity contribution in [2.75, 3.05) is 20.2 Å². The number of hydrogen-bond donors (Lipinski definition) is 1. The lowest BCUT2D eigenvalue weighted by Crippen LogP contribution is -2.34. The van der Waals surface area contributed by atoms with Crippen LogP contribution in [0.5, 0.6) is 11.8 Å². The number of nitrogens with zero attached hydrogens (tertiary/aromatic N) is 5. The first kappa shape index (κ1) is 16.7. The fourth-order valence-corrected chi connectivity index (χ4v) is 3.32. The number of nitrogens with one attached hydrogen (secondary N) is 1. The van der Waals surface area contributed by atoms with Crippen LogP contribution in [0, 0.1) is 6.92 Å². The fourth-order valence-electron chi connectivity index (χ4n) is 3.32. The van der Waals surface area contributed by atoms with Crippen molar-refractivity contribution in [1.82, 2.24) is 30.0 Å². The maximum Gasteiger partial charge on any atom is 0.243 e. The van der Waals surface area contributed by atoms with Crippen LogP contribution in [-0.2, 0) is 7.05 Å². The normalized spacial score (nSPS) is 15.3. The summed E-state index contributed by atoms with van der Waals surface area (Å²) in [7, 11) is 3.49. The zero-order chi connectivity index (χ0) is 18.1. The smallest absolute Gasteiger partial charge is 0.243 e. The molecule has 3 aromatic rings. The van der Waals surface area contributed by atoms with E-state index >= 15 is 0 Å². The van der Waals surface area contributed by atoms with Crippen molar-refractivity contribution in [3.8, 4) is 23.0 Å². The van der Waals surface area contributed by atoms with Crippen molar-refractivity contribution in [1.29, 1.82) is 0 Å². The van der Waals surface area contributed by atoms with Gasteiger partial charge >= 0.3 is 0 Å². The molecule has 8 nitrogen and oxygen atoms in total. The summed E-state index contributed by atoms with van der Waals surface area (Å²) in [6.07, 6.45) is 3.64. The Hall–Kier alpha value is -2.74. The molecule has 1 fully saturated rings. The summed E-state index contributed by atoms with van der Waals surface area (Å²) >= 11 is 0. The molecule has 0 spiro atoms. The molecule has 8 heteroatoms. The Bertz CT molecular complexity index is 933. The number of methoxy groups -OCH3 is 1. The van der Waals surface area contributed by atoms with Crippen LogP contribution < -0.4 is 14.8 Å². The molecule has 26 heavy (non-hydrogen) atoms. The van der Waals surface area contributed by atoms with Gasteiger partial charge in [0.25, 0.3) is 0 Å². The van der Waals surface area contributed by atoms with E-state index in [1.54, 1.807) is 11.8 Å². The molecule has 1 N–H and O–H groups in total. The number of hydrogen-bond acceptors (Lipinski definition) is 7. The minimum Gasteiger partial charge on any atom is -0.481 e. The second kappa shape index (κ2) is 6.87. The molecule has 0 bridgehead atoms. The summed E-state index contributed by atoms with van der Waals surface area (Å²) in [5.74, 6) is 1.17. The van der Waals surface area contributed by atoms with E-state index in [9.17, 15) is 0 Å². The number of aromatic nitrogens is 5. The molecule has 0 saturated carbocycles. The van der Waals surface area contributed by atoms with E-state index in [0.717, 1.165) is 53.9 Å². The van der Waals surface area contributed by atoms with Crippen molar-refractivity contribution in [3.63, 3.8) is 0 Å². The van der Waals surface area contributed by atoms with E-state index in [0.29, 0.717) is 11.8 Å². The largest absolute Gasteiger partial charge is 0.481 e. The maximum absolute atomic E-state index is 6.18. The van der Waals surface area contributed by atoms with Gasteiger partial charge in [0.1, 0.15) is 29.2 Å². The summed E-state index contributed by atoms with van der Waals surface area (Å²) in [6.45, 7) is 3.87. The highest BCUT2D eigenvalue weighted by molar-refractivity contribution is 5.93. The Morgan fingerprint density at radius 3 is 2.73 bits per heavy atom. The molecule has 0 aliphatic carbocycles. The Morgan fingerprint density at radius 2 is 2.00 bits per heavy atom. The van der Waals surface area contributed by atoms with Gasteiger partial charge in [0.15, 0.2) is 0 Å². The van der Waals surface area contributed by atoms with Crippen LogP contribution in [0.4, 0.5) is 0 Å². The lowest BCUT2D eigenvalue weighted by molar-refractivity contribution is 0.157. The highest BCUT2D eigenvalue weighted by atomic mass is 16.5. The fraction of sp³-hybridized carbons (Fsp3) is 0.444. The molecule has 136 valence electrons. The maximum atomic E-state index is 6.18. The van der Waals surface area contributed by atoms with Crippen LogP contribution >= 0.6 is 0 Å². The van der Waals surface area contributed by atoms with Crippen LogP contribution in [0.2, 0.25) is 0 Å². The zero-order valence-electron chi connectivity index (χ0n) is 15.2. The van der Waals surface area contributed by atoms with Crippen molar-refractivity contribution in [3.05, 3.63) is 24.2 Å². The number of piperidine rings is 1. The number of pyridine rings is 1. The molecular formula is C18H22N6O2. The summed E-state index contributed by atoms with van der Waals surface area (Å²) < 4.78 is 13.2. The third kappa shape index (κ3) is 2.96. The van der Waals surface area contributed by atoms with Gasteiger partial charge in [0.05, 0.1) is 12.8 Å². The van der Waals surface area contributed by atoms with Gasteiger partial charge in [-0.15, -0.1) is 0 Å². The van der Waals surface area contributed by atoms with Crippen LogP contribution in [-0.4, -0.2) is 51.0 Å². The van der Waals surface area contributed by atoms with E-state index in [1.807, 2.05) is 26.1 Å². The summed E-state index contributed by atoms with van der Waals surface area (Å²) in [6, 6.07) is 3.79. The molecule has 1 aliphatic heterocycles. The number of ether oxygens (including phenoxy) is 2. The molecule has 0 unspecified atom stereocenters. The van der Waals surface area contributed by atoms with E-state index in [-0.39, 0.29) is 6.10 Å². The second-order valence-electron chi connectivity index (χ2n) is 6.40. The Balaban J connectivity index is 1.77. The van der Waals surface area contributed by atoms with Gasteiger partial charge in [0.2, 0.25) is 11.8 Å². The Labute approximate surface area is 151 Å². The first-order valence-corrected chi connectivity index (χ1v) is 8.74. The SMILES string of the molecule is COc1ccc(-c2nn(C)c3c(OC4CCNCC4)ncnc23)c(C)n1. The average molecular weight is 354 g/mol. The molecular weight excluding hydrogens is 332 g/mol. The van der Waals surface area contributed by atoms with E-state index in [2.05, 4.69) is 25.4 Å². The van der Waals surface area contributed by atoms with Crippen LogP contribution in [0.25, 0.3) is 22.3 Å². The van der Waals surface area contributed by atoms with Gasteiger partial charge < -0.3 is 14.8 Å². The molecule has 0 radical (unpaired) electrons. The average Bonchev–Trinajstić information content (AvgIpc) is 3.00. The monoisotopic (exact) mass is 354 g/mol. The predicted octanol–water partition coefficient (Wildman–Crippen LogP) is 1.87. The van der Waals surface area contributed by atoms with Crippen LogP contribution in [0.3, 0.4) is 0 Å².